The van der Waals surface area contributed by atoms with Crippen LogP contribution >= 0.6 is 0 Å². The van der Waals surface area contributed by atoms with Gasteiger partial charge in [-0.2, -0.15) is 0 Å². The molecule has 0 unspecified atom stereocenters. The van der Waals surface area contributed by atoms with Crippen molar-refractivity contribution in [3.63, 3.8) is 0 Å². The molecule has 0 bridgehead atoms. The van der Waals surface area contributed by atoms with E-state index in [-0.39, 0.29) is 24.5 Å². The molecule has 1 aliphatic heterocycles. The van der Waals surface area contributed by atoms with Gasteiger partial charge in [0.05, 0.1) is 0 Å². The van der Waals surface area contributed by atoms with Crippen LogP contribution in [0.4, 0.5) is 8.78 Å². The second kappa shape index (κ2) is 6.53. The summed E-state index contributed by atoms with van der Waals surface area (Å²) in [7, 11) is 0. The molecule has 2 N–H and O–H groups in total. The standard InChI is InChI=1S/C17H24F2N2O2/c1-16(2,3)20-11-17(23)7-4-8-21(15(17)22)10-12-5-6-13(18)14(19)9-12/h5-6,9,20,23H,4,7-8,10-11H2,1-3H3/t17-/m1/s1. The lowest BCUT2D eigenvalue weighted by Gasteiger charge is -2.39. The molecule has 0 radical (unpaired) electrons. The summed E-state index contributed by atoms with van der Waals surface area (Å²) in [5.41, 5.74) is -1.16. The van der Waals surface area contributed by atoms with Crippen molar-refractivity contribution in [1.29, 1.82) is 0 Å². The summed E-state index contributed by atoms with van der Waals surface area (Å²) in [6.07, 6.45) is 1.06. The lowest BCUT2D eigenvalue weighted by atomic mass is 9.90. The van der Waals surface area contributed by atoms with E-state index in [1.54, 1.807) is 0 Å². The first kappa shape index (κ1) is 17.8. The number of hydrogen-bond acceptors (Lipinski definition) is 3. The molecule has 23 heavy (non-hydrogen) atoms. The van der Waals surface area contributed by atoms with Crippen molar-refractivity contribution < 1.29 is 18.7 Å². The Hall–Kier alpha value is -1.53. The molecule has 1 aromatic carbocycles. The summed E-state index contributed by atoms with van der Waals surface area (Å²) in [5, 5.41) is 13.8. The van der Waals surface area contributed by atoms with Crippen LogP contribution in [0.5, 0.6) is 0 Å². The van der Waals surface area contributed by atoms with Crippen molar-refractivity contribution in [2.24, 2.45) is 0 Å². The van der Waals surface area contributed by atoms with Gasteiger partial charge in [-0.05, 0) is 51.3 Å². The summed E-state index contributed by atoms with van der Waals surface area (Å²) in [4.78, 5) is 14.1. The minimum atomic E-state index is -1.45. The van der Waals surface area contributed by atoms with E-state index >= 15 is 0 Å². The Morgan fingerprint density at radius 3 is 2.61 bits per heavy atom. The molecule has 4 nitrogen and oxygen atoms in total. The highest BCUT2D eigenvalue weighted by Crippen LogP contribution is 2.24. The van der Waals surface area contributed by atoms with E-state index in [0.717, 1.165) is 12.1 Å². The number of likely N-dealkylation sites (tertiary alicyclic amines) is 1. The number of carbonyl (C=O) groups excluding carboxylic acids is 1. The first-order chi connectivity index (χ1) is 10.6. The first-order valence-corrected chi connectivity index (χ1v) is 7.81. The molecule has 2 rings (SSSR count). The molecule has 1 saturated heterocycles. The molecule has 1 aliphatic rings. The molecule has 1 atom stereocenters. The smallest absolute Gasteiger partial charge is 0.256 e. The molecule has 1 heterocycles. The van der Waals surface area contributed by atoms with Crippen molar-refractivity contribution in [1.82, 2.24) is 10.2 Å². The average Bonchev–Trinajstić information content (AvgIpc) is 2.45. The minimum Gasteiger partial charge on any atom is -0.379 e. The summed E-state index contributed by atoms with van der Waals surface area (Å²) in [5.74, 6) is -2.22. The van der Waals surface area contributed by atoms with Crippen LogP contribution in [0.2, 0.25) is 0 Å². The number of piperidine rings is 1. The monoisotopic (exact) mass is 326 g/mol. The highest BCUT2D eigenvalue weighted by Gasteiger charge is 2.42. The van der Waals surface area contributed by atoms with Gasteiger partial charge >= 0.3 is 0 Å². The van der Waals surface area contributed by atoms with E-state index in [9.17, 15) is 18.7 Å². The number of nitrogens with zero attached hydrogens (tertiary/aromatic N) is 1. The maximum atomic E-state index is 13.3. The van der Waals surface area contributed by atoms with Crippen LogP contribution < -0.4 is 5.32 Å². The van der Waals surface area contributed by atoms with E-state index in [1.165, 1.54) is 11.0 Å². The van der Waals surface area contributed by atoms with E-state index in [2.05, 4.69) is 5.32 Å². The Balaban J connectivity index is 2.08. The van der Waals surface area contributed by atoms with Crippen LogP contribution in [0.15, 0.2) is 18.2 Å². The zero-order valence-corrected chi connectivity index (χ0v) is 13.8. The number of amides is 1. The third-order valence-corrected chi connectivity index (χ3v) is 3.97. The van der Waals surface area contributed by atoms with Gasteiger partial charge in [0.1, 0.15) is 0 Å². The Morgan fingerprint density at radius 2 is 2.00 bits per heavy atom. The predicted octanol–water partition coefficient (Wildman–Crippen LogP) is 2.21. The SMILES string of the molecule is CC(C)(C)NC[C@]1(O)CCCN(Cc2ccc(F)c(F)c2)C1=O. The first-order valence-electron chi connectivity index (χ1n) is 7.81. The van der Waals surface area contributed by atoms with Gasteiger partial charge < -0.3 is 15.3 Å². The largest absolute Gasteiger partial charge is 0.379 e. The van der Waals surface area contributed by atoms with Crippen molar-refractivity contribution in [3.05, 3.63) is 35.4 Å². The fraction of sp³-hybridized carbons (Fsp3) is 0.588. The van der Waals surface area contributed by atoms with E-state index < -0.39 is 17.2 Å². The average molecular weight is 326 g/mol. The van der Waals surface area contributed by atoms with Gasteiger partial charge in [0, 0.05) is 25.2 Å². The van der Waals surface area contributed by atoms with Crippen LogP contribution in [0.1, 0.15) is 39.2 Å². The van der Waals surface area contributed by atoms with Gasteiger partial charge in [-0.15, -0.1) is 0 Å². The minimum absolute atomic E-state index is 0.161. The Morgan fingerprint density at radius 1 is 1.30 bits per heavy atom. The molecule has 0 aromatic heterocycles. The molecular formula is C17H24F2N2O2. The summed E-state index contributed by atoms with van der Waals surface area (Å²) < 4.78 is 26.3. The van der Waals surface area contributed by atoms with Gasteiger partial charge in [0.25, 0.3) is 5.91 Å². The second-order valence-corrected chi connectivity index (χ2v) is 7.21. The van der Waals surface area contributed by atoms with Crippen molar-refractivity contribution in [3.8, 4) is 0 Å². The quantitative estimate of drug-likeness (QED) is 0.892. The van der Waals surface area contributed by atoms with Gasteiger partial charge in [-0.3, -0.25) is 4.79 Å². The third kappa shape index (κ3) is 4.48. The number of hydrogen-bond donors (Lipinski definition) is 2. The normalized spacial score (nSPS) is 22.5. The fourth-order valence-electron chi connectivity index (χ4n) is 2.65. The van der Waals surface area contributed by atoms with Crippen LogP contribution in [0.25, 0.3) is 0 Å². The van der Waals surface area contributed by atoms with Crippen molar-refractivity contribution >= 4 is 5.91 Å². The lowest BCUT2D eigenvalue weighted by Crippen LogP contribution is -2.59. The van der Waals surface area contributed by atoms with Gasteiger partial charge in [0.15, 0.2) is 17.2 Å². The molecule has 0 spiro atoms. The number of β-amino-alcohol motifs (C(OH)–C–C–N with tert-alkyl or cyclic N) is 1. The second-order valence-electron chi connectivity index (χ2n) is 7.21. The number of benzene rings is 1. The number of carbonyl (C=O) groups is 1. The number of rotatable bonds is 4. The molecule has 6 heteroatoms. The van der Waals surface area contributed by atoms with Gasteiger partial charge in [-0.25, -0.2) is 8.78 Å². The van der Waals surface area contributed by atoms with Crippen molar-refractivity contribution in [2.75, 3.05) is 13.1 Å². The van der Waals surface area contributed by atoms with Crippen molar-refractivity contribution in [2.45, 2.75) is 51.3 Å². The molecule has 1 amide bonds. The van der Waals surface area contributed by atoms with Gasteiger partial charge in [0.2, 0.25) is 0 Å². The van der Waals surface area contributed by atoms with E-state index in [1.807, 2.05) is 20.8 Å². The molecule has 1 aromatic rings. The molecule has 128 valence electrons. The van der Waals surface area contributed by atoms with Gasteiger partial charge in [-0.1, -0.05) is 6.07 Å². The number of halogens is 2. The fourth-order valence-corrected chi connectivity index (χ4v) is 2.65. The molecular weight excluding hydrogens is 302 g/mol. The van der Waals surface area contributed by atoms with Crippen LogP contribution in [-0.4, -0.2) is 40.1 Å². The number of nitrogens with one attached hydrogen (secondary N) is 1. The number of aliphatic hydroxyl groups is 1. The topological polar surface area (TPSA) is 52.6 Å². The summed E-state index contributed by atoms with van der Waals surface area (Å²) >= 11 is 0. The maximum Gasteiger partial charge on any atom is 0.256 e. The highest BCUT2D eigenvalue weighted by atomic mass is 19.2. The highest BCUT2D eigenvalue weighted by molar-refractivity contribution is 5.86. The summed E-state index contributed by atoms with van der Waals surface area (Å²) in [6, 6.07) is 3.59. The van der Waals surface area contributed by atoms with E-state index in [0.29, 0.717) is 24.9 Å². The predicted molar refractivity (Wildman–Crippen MR) is 83.7 cm³/mol. The Kier molecular flexibility index (Phi) is 5.06. The van der Waals surface area contributed by atoms with Crippen LogP contribution in [0, 0.1) is 11.6 Å². The van der Waals surface area contributed by atoms with Crippen LogP contribution in [0.3, 0.4) is 0 Å². The third-order valence-electron chi connectivity index (χ3n) is 3.97. The zero-order valence-electron chi connectivity index (χ0n) is 13.8. The van der Waals surface area contributed by atoms with Crippen LogP contribution in [-0.2, 0) is 11.3 Å². The Labute approximate surface area is 135 Å². The Bertz CT molecular complexity index is 586. The summed E-state index contributed by atoms with van der Waals surface area (Å²) in [6.45, 7) is 6.71. The van der Waals surface area contributed by atoms with E-state index in [4.69, 9.17) is 0 Å². The lowest BCUT2D eigenvalue weighted by molar-refractivity contribution is -0.157. The molecule has 1 fully saturated rings. The molecule has 0 aliphatic carbocycles. The molecule has 0 saturated carbocycles. The zero-order chi connectivity index (χ0) is 17.3. The maximum absolute atomic E-state index is 13.3.